The SMILES string of the molecule is CCC1=Cc2ccccc2C1c1ccccc1OCC(=O)N1C[C@@H]2CN(C(=O)c3ccc4n[nH]nc4c3)C[C@H]2C1. The number of likely N-dealkylation sites (tertiary alicyclic amines) is 2. The minimum Gasteiger partial charge on any atom is -0.483 e. The van der Waals surface area contributed by atoms with Crippen LogP contribution in [0, 0.1) is 11.8 Å². The fourth-order valence-corrected chi connectivity index (χ4v) is 6.66. The Morgan fingerprint density at radius 1 is 0.875 bits per heavy atom. The number of carbonyl (C=O) groups excluding carboxylic acids is 2. The molecule has 2 saturated heterocycles. The number of carbonyl (C=O) groups is 2. The third-order valence-electron chi connectivity index (χ3n) is 8.70. The average Bonchev–Trinajstić information content (AvgIpc) is 3.76. The van der Waals surface area contributed by atoms with Crippen LogP contribution in [0.4, 0.5) is 0 Å². The minimum absolute atomic E-state index is 0.00311. The van der Waals surface area contributed by atoms with Crippen LogP contribution in [0.1, 0.15) is 46.3 Å². The molecule has 1 aromatic heterocycles. The van der Waals surface area contributed by atoms with Gasteiger partial charge in [0.15, 0.2) is 6.61 Å². The number of benzene rings is 3. The third kappa shape index (κ3) is 4.24. The van der Waals surface area contributed by atoms with E-state index in [-0.39, 0.29) is 36.2 Å². The number of H-pyrrole nitrogens is 1. The van der Waals surface area contributed by atoms with E-state index in [1.165, 1.54) is 16.7 Å². The van der Waals surface area contributed by atoms with Gasteiger partial charge in [-0.1, -0.05) is 61.0 Å². The zero-order valence-corrected chi connectivity index (χ0v) is 22.4. The molecule has 3 heterocycles. The topological polar surface area (TPSA) is 91.4 Å². The number of aromatic nitrogens is 3. The van der Waals surface area contributed by atoms with Gasteiger partial charge < -0.3 is 14.5 Å². The minimum atomic E-state index is -0.00311. The van der Waals surface area contributed by atoms with Crippen molar-refractivity contribution in [1.82, 2.24) is 25.2 Å². The van der Waals surface area contributed by atoms with Gasteiger partial charge >= 0.3 is 0 Å². The summed E-state index contributed by atoms with van der Waals surface area (Å²) in [5.41, 5.74) is 7.04. The molecule has 8 heteroatoms. The molecule has 7 rings (SSSR count). The smallest absolute Gasteiger partial charge is 0.260 e. The van der Waals surface area contributed by atoms with E-state index in [1.807, 2.05) is 34.1 Å². The van der Waals surface area contributed by atoms with Gasteiger partial charge in [-0.2, -0.15) is 15.4 Å². The predicted molar refractivity (Wildman–Crippen MR) is 152 cm³/mol. The van der Waals surface area contributed by atoms with E-state index >= 15 is 0 Å². The van der Waals surface area contributed by atoms with E-state index in [4.69, 9.17) is 4.74 Å². The second kappa shape index (κ2) is 9.93. The number of rotatable bonds is 6. The summed E-state index contributed by atoms with van der Waals surface area (Å²) in [7, 11) is 0. The molecular weight excluding hydrogens is 502 g/mol. The molecule has 0 bridgehead atoms. The average molecular weight is 534 g/mol. The highest BCUT2D eigenvalue weighted by atomic mass is 16.5. The Hall–Kier alpha value is -4.46. The van der Waals surface area contributed by atoms with Crippen molar-refractivity contribution in [3.63, 3.8) is 0 Å². The third-order valence-corrected chi connectivity index (χ3v) is 8.70. The lowest BCUT2D eigenvalue weighted by Gasteiger charge is -2.23. The van der Waals surface area contributed by atoms with Crippen LogP contribution in [-0.4, -0.2) is 69.8 Å². The van der Waals surface area contributed by atoms with Crippen LogP contribution in [-0.2, 0) is 4.79 Å². The number of aromatic amines is 1. The van der Waals surface area contributed by atoms with Crippen molar-refractivity contribution in [3.05, 3.63) is 94.6 Å². The van der Waals surface area contributed by atoms with Crippen molar-refractivity contribution in [2.45, 2.75) is 19.3 Å². The van der Waals surface area contributed by atoms with Crippen molar-refractivity contribution >= 4 is 28.9 Å². The van der Waals surface area contributed by atoms with Crippen LogP contribution >= 0.6 is 0 Å². The van der Waals surface area contributed by atoms with Crippen molar-refractivity contribution in [3.8, 4) is 5.75 Å². The second-order valence-corrected chi connectivity index (χ2v) is 11.0. The molecule has 40 heavy (non-hydrogen) atoms. The molecule has 2 amide bonds. The van der Waals surface area contributed by atoms with Gasteiger partial charge in [-0.25, -0.2) is 0 Å². The number of nitrogens with zero attached hydrogens (tertiary/aromatic N) is 4. The predicted octanol–water partition coefficient (Wildman–Crippen LogP) is 4.51. The van der Waals surface area contributed by atoms with Gasteiger partial charge in [-0.05, 0) is 41.8 Å². The first-order valence-corrected chi connectivity index (χ1v) is 14.0. The second-order valence-electron chi connectivity index (χ2n) is 11.0. The van der Waals surface area contributed by atoms with Crippen molar-refractivity contribution in [2.24, 2.45) is 11.8 Å². The van der Waals surface area contributed by atoms with Crippen LogP contribution < -0.4 is 4.74 Å². The Labute approximate surface area is 232 Å². The summed E-state index contributed by atoms with van der Waals surface area (Å²) in [5.74, 6) is 1.47. The molecule has 0 radical (unpaired) electrons. The van der Waals surface area contributed by atoms with E-state index in [0.29, 0.717) is 37.3 Å². The number of allylic oxidation sites excluding steroid dienone is 1. The maximum atomic E-state index is 13.2. The number of ether oxygens (including phenoxy) is 1. The number of para-hydroxylation sites is 1. The van der Waals surface area contributed by atoms with Crippen molar-refractivity contribution < 1.29 is 14.3 Å². The van der Waals surface area contributed by atoms with Gasteiger partial charge in [0.05, 0.1) is 0 Å². The molecule has 202 valence electrons. The Morgan fingerprint density at radius 3 is 2.38 bits per heavy atom. The number of amides is 2. The Bertz CT molecular complexity index is 1630. The first-order chi connectivity index (χ1) is 19.6. The van der Waals surface area contributed by atoms with Gasteiger partial charge in [0, 0.05) is 55.1 Å². The van der Waals surface area contributed by atoms with Crippen LogP contribution in [0.5, 0.6) is 5.75 Å². The fraction of sp³-hybridized carbons (Fsp3) is 0.312. The first kappa shape index (κ1) is 24.6. The molecule has 0 saturated carbocycles. The number of fused-ring (bicyclic) bond motifs is 3. The van der Waals surface area contributed by atoms with Gasteiger partial charge in [0.2, 0.25) is 0 Å². The largest absolute Gasteiger partial charge is 0.483 e. The van der Waals surface area contributed by atoms with Crippen LogP contribution in [0.2, 0.25) is 0 Å². The normalized spacial score (nSPS) is 21.4. The monoisotopic (exact) mass is 533 g/mol. The van der Waals surface area contributed by atoms with Crippen LogP contribution in [0.25, 0.3) is 17.1 Å². The maximum absolute atomic E-state index is 13.2. The summed E-state index contributed by atoms with van der Waals surface area (Å²) in [6, 6.07) is 22.0. The lowest BCUT2D eigenvalue weighted by Crippen LogP contribution is -2.37. The quantitative estimate of drug-likeness (QED) is 0.394. The van der Waals surface area contributed by atoms with Crippen LogP contribution in [0.15, 0.2) is 72.3 Å². The van der Waals surface area contributed by atoms with Crippen LogP contribution in [0.3, 0.4) is 0 Å². The highest BCUT2D eigenvalue weighted by Crippen LogP contribution is 2.45. The first-order valence-electron chi connectivity index (χ1n) is 14.0. The Morgan fingerprint density at radius 2 is 1.57 bits per heavy atom. The van der Waals surface area contributed by atoms with E-state index in [2.05, 4.69) is 58.7 Å². The maximum Gasteiger partial charge on any atom is 0.260 e. The van der Waals surface area contributed by atoms with E-state index in [1.54, 1.807) is 12.1 Å². The lowest BCUT2D eigenvalue weighted by atomic mass is 9.87. The number of hydrogen-bond donors (Lipinski definition) is 1. The fourth-order valence-electron chi connectivity index (χ4n) is 6.66. The Kier molecular flexibility index (Phi) is 6.10. The summed E-state index contributed by atoms with van der Waals surface area (Å²) < 4.78 is 6.20. The molecule has 3 atom stereocenters. The summed E-state index contributed by atoms with van der Waals surface area (Å²) in [5, 5.41) is 10.7. The van der Waals surface area contributed by atoms with Gasteiger partial charge in [-0.3, -0.25) is 9.59 Å². The van der Waals surface area contributed by atoms with Crippen molar-refractivity contribution in [2.75, 3.05) is 32.8 Å². The molecule has 1 aliphatic carbocycles. The molecule has 3 aromatic carbocycles. The standard InChI is InChI=1S/C32H31N5O3/c1-2-20-13-21-7-3-4-8-25(21)31(20)26-9-5-6-10-29(26)40-19-30(38)36-15-23-17-37(18-24(23)16-36)32(39)22-11-12-27-28(14-22)34-35-33-27/h3-14,23-24,31H,2,15-19H2,1H3,(H,33,34,35)/t23-,24-,31?/m1/s1. The lowest BCUT2D eigenvalue weighted by molar-refractivity contribution is -0.132. The molecule has 3 aliphatic rings. The summed E-state index contributed by atoms with van der Waals surface area (Å²) in [6.45, 7) is 4.81. The molecular formula is C32H31N5O3. The van der Waals surface area contributed by atoms with Gasteiger partial charge in [-0.15, -0.1) is 0 Å². The highest BCUT2D eigenvalue weighted by Gasteiger charge is 2.43. The molecule has 8 nitrogen and oxygen atoms in total. The van der Waals surface area contributed by atoms with E-state index < -0.39 is 0 Å². The zero-order valence-electron chi connectivity index (χ0n) is 22.4. The van der Waals surface area contributed by atoms with E-state index in [0.717, 1.165) is 23.3 Å². The molecule has 1 unspecified atom stereocenters. The van der Waals surface area contributed by atoms with E-state index in [9.17, 15) is 9.59 Å². The Balaban J connectivity index is 0.988. The highest BCUT2D eigenvalue weighted by molar-refractivity contribution is 5.97. The van der Waals surface area contributed by atoms with Crippen molar-refractivity contribution in [1.29, 1.82) is 0 Å². The molecule has 0 spiro atoms. The molecule has 2 aliphatic heterocycles. The van der Waals surface area contributed by atoms with Gasteiger partial charge in [0.1, 0.15) is 16.8 Å². The summed E-state index contributed by atoms with van der Waals surface area (Å²) in [4.78, 5) is 30.2. The van der Waals surface area contributed by atoms with Gasteiger partial charge in [0.25, 0.3) is 11.8 Å². The summed E-state index contributed by atoms with van der Waals surface area (Å²) in [6.07, 6.45) is 3.24. The molecule has 4 aromatic rings. The molecule has 2 fully saturated rings. The number of hydrogen-bond acceptors (Lipinski definition) is 5. The molecule has 1 N–H and O–H groups in total. The number of nitrogens with one attached hydrogen (secondary N) is 1. The summed E-state index contributed by atoms with van der Waals surface area (Å²) >= 11 is 0. The zero-order chi connectivity index (χ0) is 27.2.